The molecule has 4 unspecified atom stereocenters. The zero-order chi connectivity index (χ0) is 19.5. The number of nitrogens with one attached hydrogen (secondary N) is 3. The Kier molecular flexibility index (Phi) is 6.83. The highest BCUT2D eigenvalue weighted by atomic mass is 19.1. The van der Waals surface area contributed by atoms with Gasteiger partial charge in [-0.05, 0) is 44.4 Å². The topological polar surface area (TPSA) is 79.9 Å². The number of hydrazine groups is 1. The van der Waals surface area contributed by atoms with Gasteiger partial charge in [0.25, 0.3) is 0 Å². The lowest BCUT2D eigenvalue weighted by molar-refractivity contribution is -0.142. The maximum absolute atomic E-state index is 13.5. The van der Waals surface area contributed by atoms with E-state index in [1.54, 1.807) is 0 Å². The van der Waals surface area contributed by atoms with Crippen molar-refractivity contribution in [1.29, 1.82) is 0 Å². The molecule has 28 heavy (non-hydrogen) atoms. The maximum Gasteiger partial charge on any atom is 0.307 e. The number of piperidine rings is 1. The molecule has 4 aliphatic rings. The second kappa shape index (κ2) is 9.34. The first-order chi connectivity index (χ1) is 13.6. The zero-order valence-electron chi connectivity index (χ0n) is 16.8. The van der Waals surface area contributed by atoms with Gasteiger partial charge >= 0.3 is 5.97 Å². The van der Waals surface area contributed by atoms with E-state index in [1.807, 2.05) is 0 Å². The van der Waals surface area contributed by atoms with Crippen molar-refractivity contribution < 1.29 is 14.3 Å². The Morgan fingerprint density at radius 3 is 2.39 bits per heavy atom. The van der Waals surface area contributed by atoms with Gasteiger partial charge in [-0.25, -0.2) is 4.39 Å². The Hall–Kier alpha value is -0.800. The molecule has 4 fully saturated rings. The van der Waals surface area contributed by atoms with Gasteiger partial charge in [0.1, 0.15) is 6.17 Å². The van der Waals surface area contributed by atoms with E-state index in [-0.39, 0.29) is 5.92 Å². The molecule has 1 saturated carbocycles. The van der Waals surface area contributed by atoms with Crippen LogP contribution in [0.25, 0.3) is 0 Å². The first kappa shape index (κ1) is 20.5. The Morgan fingerprint density at radius 1 is 1.00 bits per heavy atom. The van der Waals surface area contributed by atoms with Gasteiger partial charge in [-0.2, -0.15) is 0 Å². The number of piperazine rings is 1. The summed E-state index contributed by atoms with van der Waals surface area (Å²) in [6.45, 7) is 6.92. The van der Waals surface area contributed by atoms with Crippen LogP contribution in [0.4, 0.5) is 4.39 Å². The average molecular weight is 398 g/mol. The molecule has 0 aromatic carbocycles. The summed E-state index contributed by atoms with van der Waals surface area (Å²) in [5.74, 6) is 0.284. The monoisotopic (exact) mass is 397 g/mol. The lowest BCUT2D eigenvalue weighted by Crippen LogP contribution is -2.58. The number of carboxylic acids is 1. The third-order valence-electron chi connectivity index (χ3n) is 7.43. The Morgan fingerprint density at radius 2 is 1.75 bits per heavy atom. The summed E-state index contributed by atoms with van der Waals surface area (Å²) in [6, 6.07) is 0.471. The molecule has 4 atom stereocenters. The number of hydrogen-bond acceptors (Lipinski definition) is 6. The Labute approximate surface area is 167 Å². The smallest absolute Gasteiger partial charge is 0.307 e. The highest BCUT2D eigenvalue weighted by Gasteiger charge is 2.37. The predicted octanol–water partition coefficient (Wildman–Crippen LogP) is 0.635. The summed E-state index contributed by atoms with van der Waals surface area (Å²) in [5.41, 5.74) is 6.84. The molecule has 3 saturated heterocycles. The number of hydrogen-bond donors (Lipinski definition) is 4. The summed E-state index contributed by atoms with van der Waals surface area (Å²) in [6.07, 6.45) is 4.91. The third kappa shape index (κ3) is 4.84. The van der Waals surface area contributed by atoms with Crippen LogP contribution >= 0.6 is 0 Å². The molecular weight excluding hydrogens is 361 g/mol. The summed E-state index contributed by atoms with van der Waals surface area (Å²) in [4.78, 5) is 16.2. The highest BCUT2D eigenvalue weighted by molar-refractivity contribution is 5.70. The summed E-state index contributed by atoms with van der Waals surface area (Å²) in [7, 11) is 0. The fourth-order valence-electron chi connectivity index (χ4n) is 5.62. The highest BCUT2D eigenvalue weighted by Crippen LogP contribution is 2.32. The first-order valence-corrected chi connectivity index (χ1v) is 11.1. The van der Waals surface area contributed by atoms with Crippen molar-refractivity contribution >= 4 is 5.97 Å². The standard InChI is InChI=1S/C20H36FN5O2/c21-17-4-1-14(2-5-17)19-16(12-23-24-19)13-25-7-9-26(10-8-25)18-6-3-15(11-22-18)20(27)28/h14-19,22-24H,1-13H2,(H,27,28). The van der Waals surface area contributed by atoms with Crippen LogP contribution in [0.5, 0.6) is 0 Å². The number of aliphatic carboxylic acids is 1. The van der Waals surface area contributed by atoms with Crippen molar-refractivity contribution in [3.05, 3.63) is 0 Å². The van der Waals surface area contributed by atoms with Crippen LogP contribution in [0.15, 0.2) is 0 Å². The molecule has 4 N–H and O–H groups in total. The first-order valence-electron chi connectivity index (χ1n) is 11.1. The van der Waals surface area contributed by atoms with Crippen LogP contribution in [0.3, 0.4) is 0 Å². The Bertz CT molecular complexity index is 515. The molecular formula is C20H36FN5O2. The largest absolute Gasteiger partial charge is 0.481 e. The minimum atomic E-state index is -0.677. The zero-order valence-corrected chi connectivity index (χ0v) is 16.8. The SMILES string of the molecule is O=C(O)C1CCC(N2CCN(CC3CNNC3C3CCC(F)CC3)CC2)NC1. The molecule has 4 rings (SSSR count). The molecule has 160 valence electrons. The van der Waals surface area contributed by atoms with Crippen molar-refractivity contribution in [3.63, 3.8) is 0 Å². The molecule has 3 aliphatic heterocycles. The summed E-state index contributed by atoms with van der Waals surface area (Å²) >= 11 is 0. The normalized spacial score (nSPS) is 41.2. The van der Waals surface area contributed by atoms with E-state index in [1.165, 1.54) is 0 Å². The van der Waals surface area contributed by atoms with Crippen LogP contribution in [0, 0.1) is 17.8 Å². The van der Waals surface area contributed by atoms with Crippen LogP contribution in [0.1, 0.15) is 38.5 Å². The van der Waals surface area contributed by atoms with Crippen LogP contribution in [0.2, 0.25) is 0 Å². The fourth-order valence-corrected chi connectivity index (χ4v) is 5.62. The number of nitrogens with zero attached hydrogens (tertiary/aromatic N) is 2. The van der Waals surface area contributed by atoms with Gasteiger partial charge in [0, 0.05) is 57.8 Å². The lowest BCUT2D eigenvalue weighted by Gasteiger charge is -2.43. The number of carboxylic acid groups (broad SMARTS) is 1. The minimum absolute atomic E-state index is 0.232. The van der Waals surface area contributed by atoms with Gasteiger partial charge in [-0.1, -0.05) is 0 Å². The van der Waals surface area contributed by atoms with Crippen LogP contribution in [-0.2, 0) is 4.79 Å². The Balaban J connectivity index is 1.20. The molecule has 8 heteroatoms. The van der Waals surface area contributed by atoms with Gasteiger partial charge in [-0.3, -0.25) is 20.5 Å². The van der Waals surface area contributed by atoms with Crippen molar-refractivity contribution in [2.75, 3.05) is 45.8 Å². The number of halogens is 1. The molecule has 1 aliphatic carbocycles. The van der Waals surface area contributed by atoms with E-state index in [0.717, 1.165) is 77.8 Å². The lowest BCUT2D eigenvalue weighted by atomic mass is 9.79. The van der Waals surface area contributed by atoms with E-state index in [9.17, 15) is 9.18 Å². The number of carbonyl (C=O) groups is 1. The van der Waals surface area contributed by atoms with Crippen molar-refractivity contribution in [3.8, 4) is 0 Å². The second-order valence-corrected chi connectivity index (χ2v) is 9.20. The second-order valence-electron chi connectivity index (χ2n) is 9.20. The van der Waals surface area contributed by atoms with E-state index in [0.29, 0.717) is 30.6 Å². The molecule has 0 spiro atoms. The third-order valence-corrected chi connectivity index (χ3v) is 7.43. The predicted molar refractivity (Wildman–Crippen MR) is 105 cm³/mol. The minimum Gasteiger partial charge on any atom is -0.481 e. The van der Waals surface area contributed by atoms with E-state index in [4.69, 9.17) is 5.11 Å². The molecule has 0 aromatic rings. The maximum atomic E-state index is 13.5. The van der Waals surface area contributed by atoms with Gasteiger partial charge in [0.05, 0.1) is 12.1 Å². The van der Waals surface area contributed by atoms with E-state index >= 15 is 0 Å². The van der Waals surface area contributed by atoms with Gasteiger partial charge in [0.15, 0.2) is 0 Å². The van der Waals surface area contributed by atoms with Gasteiger partial charge in [-0.15, -0.1) is 0 Å². The van der Waals surface area contributed by atoms with Gasteiger partial charge < -0.3 is 15.3 Å². The van der Waals surface area contributed by atoms with Crippen LogP contribution in [-0.4, -0.2) is 85.1 Å². The molecule has 0 amide bonds. The number of alkyl halides is 1. The molecule has 3 heterocycles. The van der Waals surface area contributed by atoms with Gasteiger partial charge in [0.2, 0.25) is 0 Å². The van der Waals surface area contributed by atoms with Crippen molar-refractivity contribution in [1.82, 2.24) is 26.0 Å². The fraction of sp³-hybridized carbons (Fsp3) is 0.950. The van der Waals surface area contributed by atoms with Crippen molar-refractivity contribution in [2.45, 2.75) is 56.9 Å². The van der Waals surface area contributed by atoms with Crippen LogP contribution < -0.4 is 16.2 Å². The molecule has 0 radical (unpaired) electrons. The van der Waals surface area contributed by atoms with Crippen molar-refractivity contribution in [2.24, 2.45) is 17.8 Å². The summed E-state index contributed by atoms with van der Waals surface area (Å²) < 4.78 is 13.5. The quantitative estimate of drug-likeness (QED) is 0.542. The molecule has 7 nitrogen and oxygen atoms in total. The average Bonchev–Trinajstić information content (AvgIpc) is 3.17. The van der Waals surface area contributed by atoms with E-state index in [2.05, 4.69) is 26.0 Å². The number of rotatable bonds is 5. The molecule has 0 bridgehead atoms. The summed E-state index contributed by atoms with van der Waals surface area (Å²) in [5, 5.41) is 12.6. The van der Waals surface area contributed by atoms with E-state index < -0.39 is 12.1 Å². The molecule has 0 aromatic heterocycles.